The summed E-state index contributed by atoms with van der Waals surface area (Å²) in [6.45, 7) is 2.92. The minimum Gasteiger partial charge on any atom is -0.480 e. The second-order valence-electron chi connectivity index (χ2n) is 6.50. The number of halogens is 1. The molecule has 25 heavy (non-hydrogen) atoms. The minimum absolute atomic E-state index is 0.287. The fourth-order valence-electron chi connectivity index (χ4n) is 3.15. The second kappa shape index (κ2) is 7.27. The molecule has 3 rings (SSSR count). The van der Waals surface area contributed by atoms with Crippen LogP contribution in [0.15, 0.2) is 36.7 Å². The molecule has 0 bridgehead atoms. The summed E-state index contributed by atoms with van der Waals surface area (Å²) in [6.07, 6.45) is 4.41. The molecule has 0 aliphatic carbocycles. The van der Waals surface area contributed by atoms with Gasteiger partial charge in [-0.15, -0.1) is 0 Å². The number of hydrogen-bond acceptors (Lipinski definition) is 3. The van der Waals surface area contributed by atoms with Crippen LogP contribution in [0, 0.1) is 5.92 Å². The first-order valence-corrected chi connectivity index (χ1v) is 8.63. The second-order valence-corrected chi connectivity index (χ2v) is 6.91. The normalized spacial score (nSPS) is 20.5. The van der Waals surface area contributed by atoms with Gasteiger partial charge in [0.2, 0.25) is 0 Å². The van der Waals surface area contributed by atoms with Gasteiger partial charge in [0.15, 0.2) is 0 Å². The zero-order valence-electron chi connectivity index (χ0n) is 13.9. The lowest BCUT2D eigenvalue weighted by Gasteiger charge is -2.35. The average Bonchev–Trinajstić information content (AvgIpc) is 3.05. The van der Waals surface area contributed by atoms with Gasteiger partial charge in [0, 0.05) is 17.8 Å². The van der Waals surface area contributed by atoms with Gasteiger partial charge in [0.1, 0.15) is 6.04 Å². The van der Waals surface area contributed by atoms with Gasteiger partial charge in [-0.05, 0) is 30.4 Å². The molecule has 1 amide bonds. The van der Waals surface area contributed by atoms with E-state index in [2.05, 4.69) is 5.10 Å². The van der Waals surface area contributed by atoms with E-state index in [9.17, 15) is 14.7 Å². The summed E-state index contributed by atoms with van der Waals surface area (Å²) in [6, 6.07) is 6.68. The summed E-state index contributed by atoms with van der Waals surface area (Å²) in [5.74, 6) is -0.943. The maximum atomic E-state index is 12.7. The lowest BCUT2D eigenvalue weighted by atomic mass is 9.92. The first-order valence-electron chi connectivity index (χ1n) is 8.25. The summed E-state index contributed by atoms with van der Waals surface area (Å²) in [4.78, 5) is 25.7. The zero-order chi connectivity index (χ0) is 18.0. The number of carboxylic acids is 1. The Bertz CT molecular complexity index is 789. The molecule has 1 aliphatic heterocycles. The van der Waals surface area contributed by atoms with E-state index >= 15 is 0 Å². The van der Waals surface area contributed by atoms with Crippen LogP contribution >= 0.6 is 11.6 Å². The van der Waals surface area contributed by atoms with Gasteiger partial charge >= 0.3 is 5.97 Å². The summed E-state index contributed by atoms with van der Waals surface area (Å²) >= 11 is 6.15. The van der Waals surface area contributed by atoms with Crippen LogP contribution in [-0.2, 0) is 11.3 Å². The number of carbonyl (C=O) groups is 2. The van der Waals surface area contributed by atoms with Gasteiger partial charge in [-0.25, -0.2) is 4.79 Å². The molecule has 0 saturated carbocycles. The number of rotatable bonds is 4. The predicted octanol–water partition coefficient (Wildman–Crippen LogP) is 2.91. The van der Waals surface area contributed by atoms with Crippen molar-refractivity contribution in [1.29, 1.82) is 0 Å². The standard InChI is InChI=1S/C18H20ClN3O3/c1-12-6-7-22(16(8-12)18(24)25)17(23)14-9-20-21(11-14)10-13-4-2-3-5-15(13)19/h2-5,9,11-12,16H,6-8,10H2,1H3,(H,24,25). The molecule has 2 heterocycles. The Morgan fingerprint density at radius 1 is 1.36 bits per heavy atom. The third-order valence-corrected chi connectivity index (χ3v) is 4.95. The minimum atomic E-state index is -0.955. The Morgan fingerprint density at radius 3 is 2.84 bits per heavy atom. The maximum Gasteiger partial charge on any atom is 0.326 e. The number of aromatic nitrogens is 2. The number of aliphatic carboxylic acids is 1. The van der Waals surface area contributed by atoms with Gasteiger partial charge in [0.25, 0.3) is 5.91 Å². The first-order chi connectivity index (χ1) is 12.0. The number of benzene rings is 1. The number of carboxylic acid groups (broad SMARTS) is 1. The van der Waals surface area contributed by atoms with Crippen molar-refractivity contribution in [2.24, 2.45) is 5.92 Å². The van der Waals surface area contributed by atoms with Crippen molar-refractivity contribution in [2.45, 2.75) is 32.4 Å². The maximum absolute atomic E-state index is 12.7. The third kappa shape index (κ3) is 3.85. The summed E-state index contributed by atoms with van der Waals surface area (Å²) < 4.78 is 1.64. The Morgan fingerprint density at radius 2 is 2.12 bits per heavy atom. The molecule has 1 aromatic carbocycles. The van der Waals surface area contributed by atoms with Crippen LogP contribution in [0.4, 0.5) is 0 Å². The smallest absolute Gasteiger partial charge is 0.326 e. The number of carbonyl (C=O) groups excluding carboxylic acids is 1. The van der Waals surface area contributed by atoms with Gasteiger partial charge in [0.05, 0.1) is 18.3 Å². The molecule has 1 N–H and O–H groups in total. The van der Waals surface area contributed by atoms with Gasteiger partial charge in [-0.3, -0.25) is 9.48 Å². The molecule has 1 saturated heterocycles. The van der Waals surface area contributed by atoms with E-state index < -0.39 is 12.0 Å². The monoisotopic (exact) mass is 361 g/mol. The molecule has 2 atom stereocenters. The SMILES string of the molecule is CC1CCN(C(=O)c2cnn(Cc3ccccc3Cl)c2)C(C(=O)O)C1. The Kier molecular flexibility index (Phi) is 5.08. The van der Waals surface area contributed by atoms with Crippen molar-refractivity contribution in [2.75, 3.05) is 6.54 Å². The Hall–Kier alpha value is -2.34. The topological polar surface area (TPSA) is 75.4 Å². The van der Waals surface area contributed by atoms with E-state index in [1.165, 1.54) is 11.1 Å². The molecule has 1 fully saturated rings. The predicted molar refractivity (Wildman–Crippen MR) is 93.6 cm³/mol. The molecule has 132 valence electrons. The van der Waals surface area contributed by atoms with Crippen molar-refractivity contribution in [3.05, 3.63) is 52.8 Å². The van der Waals surface area contributed by atoms with E-state index in [1.54, 1.807) is 16.9 Å². The molecule has 6 nitrogen and oxygen atoms in total. The van der Waals surface area contributed by atoms with Gasteiger partial charge < -0.3 is 10.0 Å². The molecule has 0 radical (unpaired) electrons. The van der Waals surface area contributed by atoms with Gasteiger partial charge in [-0.2, -0.15) is 5.10 Å². The molecule has 2 unspecified atom stereocenters. The fourth-order valence-corrected chi connectivity index (χ4v) is 3.34. The van der Waals surface area contributed by atoms with E-state index in [1.807, 2.05) is 25.1 Å². The van der Waals surface area contributed by atoms with Crippen LogP contribution in [0.2, 0.25) is 5.02 Å². The number of amides is 1. The van der Waals surface area contributed by atoms with Crippen LogP contribution in [0.3, 0.4) is 0 Å². The number of likely N-dealkylation sites (tertiary alicyclic amines) is 1. The van der Waals surface area contributed by atoms with Crippen LogP contribution in [0.1, 0.15) is 35.7 Å². The first kappa shape index (κ1) is 17.5. The Labute approximate surface area is 151 Å². The van der Waals surface area contributed by atoms with Crippen molar-refractivity contribution in [3.63, 3.8) is 0 Å². The van der Waals surface area contributed by atoms with Crippen molar-refractivity contribution in [3.8, 4) is 0 Å². The van der Waals surface area contributed by atoms with Crippen LogP contribution < -0.4 is 0 Å². The number of nitrogens with zero attached hydrogens (tertiary/aromatic N) is 3. The average molecular weight is 362 g/mol. The summed E-state index contributed by atoms with van der Waals surface area (Å²) in [5, 5.41) is 14.3. The molecular weight excluding hydrogens is 342 g/mol. The molecule has 7 heteroatoms. The number of piperidine rings is 1. The van der Waals surface area contributed by atoms with Crippen molar-refractivity contribution < 1.29 is 14.7 Å². The van der Waals surface area contributed by atoms with Crippen LogP contribution in [0.5, 0.6) is 0 Å². The van der Waals surface area contributed by atoms with E-state index in [0.717, 1.165) is 12.0 Å². The van der Waals surface area contributed by atoms with Crippen LogP contribution in [-0.4, -0.2) is 44.3 Å². The highest BCUT2D eigenvalue weighted by Crippen LogP contribution is 2.24. The zero-order valence-corrected chi connectivity index (χ0v) is 14.7. The summed E-state index contributed by atoms with van der Waals surface area (Å²) in [7, 11) is 0. The third-order valence-electron chi connectivity index (χ3n) is 4.58. The van der Waals surface area contributed by atoms with Gasteiger partial charge in [-0.1, -0.05) is 36.7 Å². The lowest BCUT2D eigenvalue weighted by molar-refractivity contribution is -0.144. The number of hydrogen-bond donors (Lipinski definition) is 1. The fraction of sp³-hybridized carbons (Fsp3) is 0.389. The molecule has 1 aromatic heterocycles. The molecule has 2 aromatic rings. The highest BCUT2D eigenvalue weighted by atomic mass is 35.5. The quantitative estimate of drug-likeness (QED) is 0.908. The lowest BCUT2D eigenvalue weighted by Crippen LogP contribution is -2.49. The van der Waals surface area contributed by atoms with Crippen LogP contribution in [0.25, 0.3) is 0 Å². The molecule has 1 aliphatic rings. The highest BCUT2D eigenvalue weighted by molar-refractivity contribution is 6.31. The van der Waals surface area contributed by atoms with Crippen molar-refractivity contribution in [1.82, 2.24) is 14.7 Å². The molecular formula is C18H20ClN3O3. The molecule has 0 spiro atoms. The Balaban J connectivity index is 1.76. The highest BCUT2D eigenvalue weighted by Gasteiger charge is 2.35. The van der Waals surface area contributed by atoms with Crippen molar-refractivity contribution >= 4 is 23.5 Å². The summed E-state index contributed by atoms with van der Waals surface area (Å²) in [5.41, 5.74) is 1.30. The van der Waals surface area contributed by atoms with E-state index in [0.29, 0.717) is 36.0 Å². The largest absolute Gasteiger partial charge is 0.480 e. The van der Waals surface area contributed by atoms with E-state index in [4.69, 9.17) is 11.6 Å². The van der Waals surface area contributed by atoms with E-state index in [-0.39, 0.29) is 5.91 Å².